The van der Waals surface area contributed by atoms with Crippen LogP contribution in [0.5, 0.6) is 0 Å². The number of carbonyl (C=O) groups excluding carboxylic acids is 2. The Hall–Kier alpha value is -1.64. The van der Waals surface area contributed by atoms with Gasteiger partial charge in [-0.1, -0.05) is 30.3 Å². The molecule has 1 saturated carbocycles. The van der Waals surface area contributed by atoms with Crippen LogP contribution in [0.2, 0.25) is 0 Å². The third-order valence-corrected chi connectivity index (χ3v) is 4.55. The average molecular weight is 288 g/mol. The molecule has 1 aromatic carbocycles. The SMILES string of the molecule is CCOC(=O)C(CC=O)C1CCC(c2ccccc2)CC1. The summed E-state index contributed by atoms with van der Waals surface area (Å²) in [6, 6.07) is 10.6. The molecule has 0 spiro atoms. The minimum atomic E-state index is -0.251. The van der Waals surface area contributed by atoms with Gasteiger partial charge in [-0.3, -0.25) is 4.79 Å². The van der Waals surface area contributed by atoms with Gasteiger partial charge in [0.15, 0.2) is 0 Å². The van der Waals surface area contributed by atoms with Gasteiger partial charge in [-0.2, -0.15) is 0 Å². The lowest BCUT2D eigenvalue weighted by Gasteiger charge is -2.32. The maximum absolute atomic E-state index is 12.0. The second kappa shape index (κ2) is 7.96. The van der Waals surface area contributed by atoms with Crippen LogP contribution in [0.15, 0.2) is 30.3 Å². The molecule has 0 radical (unpaired) electrons. The number of rotatable bonds is 6. The van der Waals surface area contributed by atoms with Crippen molar-refractivity contribution < 1.29 is 14.3 Å². The molecule has 1 unspecified atom stereocenters. The second-order valence-electron chi connectivity index (χ2n) is 5.78. The van der Waals surface area contributed by atoms with Crippen LogP contribution < -0.4 is 0 Å². The first-order valence-corrected chi connectivity index (χ1v) is 7.91. The van der Waals surface area contributed by atoms with Crippen LogP contribution in [-0.4, -0.2) is 18.9 Å². The van der Waals surface area contributed by atoms with E-state index in [1.807, 2.05) is 13.0 Å². The average Bonchev–Trinajstić information content (AvgIpc) is 2.54. The van der Waals surface area contributed by atoms with Gasteiger partial charge in [0.2, 0.25) is 0 Å². The van der Waals surface area contributed by atoms with Crippen molar-refractivity contribution >= 4 is 12.3 Å². The van der Waals surface area contributed by atoms with Crippen LogP contribution in [0, 0.1) is 11.8 Å². The molecule has 0 amide bonds. The summed E-state index contributed by atoms with van der Waals surface area (Å²) >= 11 is 0. The number of carbonyl (C=O) groups is 2. The van der Waals surface area contributed by atoms with Gasteiger partial charge in [0, 0.05) is 6.42 Å². The fourth-order valence-electron chi connectivity index (χ4n) is 3.41. The fraction of sp³-hybridized carbons (Fsp3) is 0.556. The zero-order valence-electron chi connectivity index (χ0n) is 12.7. The van der Waals surface area contributed by atoms with Gasteiger partial charge in [0.25, 0.3) is 0 Å². The fourth-order valence-corrected chi connectivity index (χ4v) is 3.41. The van der Waals surface area contributed by atoms with Crippen molar-refractivity contribution in [3.05, 3.63) is 35.9 Å². The summed E-state index contributed by atoms with van der Waals surface area (Å²) in [5.74, 6) is 0.419. The highest BCUT2D eigenvalue weighted by Crippen LogP contribution is 2.39. The quantitative estimate of drug-likeness (QED) is 0.592. The lowest BCUT2D eigenvalue weighted by molar-refractivity contribution is -0.151. The zero-order chi connectivity index (χ0) is 15.1. The van der Waals surface area contributed by atoms with Crippen molar-refractivity contribution in [3.8, 4) is 0 Å². The van der Waals surface area contributed by atoms with E-state index in [0.717, 1.165) is 32.0 Å². The highest BCUT2D eigenvalue weighted by atomic mass is 16.5. The van der Waals surface area contributed by atoms with Crippen molar-refractivity contribution in [2.45, 2.75) is 44.9 Å². The normalized spacial score (nSPS) is 23.3. The van der Waals surface area contributed by atoms with Gasteiger partial charge in [0.05, 0.1) is 12.5 Å². The zero-order valence-corrected chi connectivity index (χ0v) is 12.7. The van der Waals surface area contributed by atoms with Crippen LogP contribution >= 0.6 is 0 Å². The Morgan fingerprint density at radius 1 is 1.24 bits per heavy atom. The maximum Gasteiger partial charge on any atom is 0.309 e. The molecule has 0 heterocycles. The highest BCUT2D eigenvalue weighted by Gasteiger charge is 2.33. The molecular weight excluding hydrogens is 264 g/mol. The van der Waals surface area contributed by atoms with E-state index in [0.29, 0.717) is 18.9 Å². The van der Waals surface area contributed by atoms with Crippen molar-refractivity contribution in [2.24, 2.45) is 11.8 Å². The lowest BCUT2D eigenvalue weighted by atomic mass is 9.73. The molecule has 1 fully saturated rings. The summed E-state index contributed by atoms with van der Waals surface area (Å²) in [6.07, 6.45) is 5.31. The molecule has 1 aromatic rings. The molecule has 1 atom stereocenters. The number of aldehydes is 1. The number of esters is 1. The molecule has 3 nitrogen and oxygen atoms in total. The molecule has 1 aliphatic rings. The number of benzene rings is 1. The molecule has 114 valence electrons. The standard InChI is InChI=1S/C18H24O3/c1-2-21-18(20)17(12-13-19)16-10-8-15(9-11-16)14-6-4-3-5-7-14/h3-7,13,15-17H,2,8-12H2,1H3. The third kappa shape index (κ3) is 4.16. The Kier molecular flexibility index (Phi) is 5.97. The minimum Gasteiger partial charge on any atom is -0.466 e. The van der Waals surface area contributed by atoms with Crippen LogP contribution in [0.3, 0.4) is 0 Å². The molecule has 0 N–H and O–H groups in total. The summed E-state index contributed by atoms with van der Waals surface area (Å²) in [6.45, 7) is 2.19. The smallest absolute Gasteiger partial charge is 0.309 e. The largest absolute Gasteiger partial charge is 0.466 e. The van der Waals surface area contributed by atoms with E-state index in [9.17, 15) is 9.59 Å². The molecule has 0 aromatic heterocycles. The van der Waals surface area contributed by atoms with Gasteiger partial charge in [-0.15, -0.1) is 0 Å². The Balaban J connectivity index is 1.94. The third-order valence-electron chi connectivity index (χ3n) is 4.55. The predicted molar refractivity (Wildman–Crippen MR) is 81.9 cm³/mol. The molecule has 0 saturated heterocycles. The predicted octanol–water partition coefficient (Wildman–Crippen LogP) is 3.73. The van der Waals surface area contributed by atoms with Gasteiger partial charge < -0.3 is 9.53 Å². The van der Waals surface area contributed by atoms with E-state index < -0.39 is 0 Å². The van der Waals surface area contributed by atoms with E-state index in [-0.39, 0.29) is 17.8 Å². The summed E-state index contributed by atoms with van der Waals surface area (Å²) in [5, 5.41) is 0. The first-order valence-electron chi connectivity index (χ1n) is 7.91. The Morgan fingerprint density at radius 3 is 2.48 bits per heavy atom. The van der Waals surface area contributed by atoms with Crippen molar-refractivity contribution in [1.82, 2.24) is 0 Å². The van der Waals surface area contributed by atoms with Crippen LogP contribution in [0.4, 0.5) is 0 Å². The summed E-state index contributed by atoms with van der Waals surface area (Å²) in [5.41, 5.74) is 1.39. The Bertz CT molecular complexity index is 447. The minimum absolute atomic E-state index is 0.201. The number of ether oxygens (including phenoxy) is 1. The summed E-state index contributed by atoms with van der Waals surface area (Å²) in [4.78, 5) is 22.8. The van der Waals surface area contributed by atoms with Crippen LogP contribution in [0.1, 0.15) is 50.5 Å². The summed E-state index contributed by atoms with van der Waals surface area (Å²) < 4.78 is 5.12. The molecule has 2 rings (SSSR count). The van der Waals surface area contributed by atoms with Crippen molar-refractivity contribution in [3.63, 3.8) is 0 Å². The molecule has 3 heteroatoms. The van der Waals surface area contributed by atoms with Gasteiger partial charge in [-0.05, 0) is 50.0 Å². The molecule has 21 heavy (non-hydrogen) atoms. The van der Waals surface area contributed by atoms with Gasteiger partial charge >= 0.3 is 5.97 Å². The molecule has 1 aliphatic carbocycles. The first kappa shape index (κ1) is 15.7. The monoisotopic (exact) mass is 288 g/mol. The molecular formula is C18H24O3. The van der Waals surface area contributed by atoms with Gasteiger partial charge in [0.1, 0.15) is 6.29 Å². The second-order valence-corrected chi connectivity index (χ2v) is 5.78. The highest BCUT2D eigenvalue weighted by molar-refractivity contribution is 5.75. The Labute approximate surface area is 126 Å². The van der Waals surface area contributed by atoms with E-state index >= 15 is 0 Å². The van der Waals surface area contributed by atoms with Crippen molar-refractivity contribution in [1.29, 1.82) is 0 Å². The van der Waals surface area contributed by atoms with E-state index in [1.54, 1.807) is 0 Å². The van der Waals surface area contributed by atoms with Gasteiger partial charge in [-0.25, -0.2) is 0 Å². The topological polar surface area (TPSA) is 43.4 Å². The van der Waals surface area contributed by atoms with Crippen LogP contribution in [0.25, 0.3) is 0 Å². The molecule has 0 bridgehead atoms. The van der Waals surface area contributed by atoms with E-state index in [1.165, 1.54) is 5.56 Å². The maximum atomic E-state index is 12.0. The number of hydrogen-bond donors (Lipinski definition) is 0. The first-order chi connectivity index (χ1) is 10.3. The summed E-state index contributed by atoms with van der Waals surface area (Å²) in [7, 11) is 0. The van der Waals surface area contributed by atoms with E-state index in [2.05, 4.69) is 24.3 Å². The Morgan fingerprint density at radius 2 is 1.90 bits per heavy atom. The van der Waals surface area contributed by atoms with Crippen molar-refractivity contribution in [2.75, 3.05) is 6.61 Å². The number of hydrogen-bond acceptors (Lipinski definition) is 3. The molecule has 0 aliphatic heterocycles. The van der Waals surface area contributed by atoms with E-state index in [4.69, 9.17) is 4.74 Å². The lowest BCUT2D eigenvalue weighted by Crippen LogP contribution is -2.29. The van der Waals surface area contributed by atoms with Crippen LogP contribution in [-0.2, 0) is 14.3 Å².